The first kappa shape index (κ1) is 23.8. The molecule has 0 amide bonds. The maximum absolute atomic E-state index is 13.1. The molecule has 174 valence electrons. The molecule has 2 aromatic carbocycles. The lowest BCUT2D eigenvalue weighted by Crippen LogP contribution is -2.40. The zero-order valence-electron chi connectivity index (χ0n) is 16.7. The number of morpholine rings is 1. The molecule has 0 atom stereocenters. The molecule has 0 bridgehead atoms. The molecule has 1 heterocycles. The summed E-state index contributed by atoms with van der Waals surface area (Å²) in [5, 5.41) is 14.1. The third-order valence-electron chi connectivity index (χ3n) is 4.57. The maximum Gasteiger partial charge on any atom is 0.422 e. The van der Waals surface area contributed by atoms with Crippen LogP contribution in [0.1, 0.15) is 5.56 Å². The van der Waals surface area contributed by atoms with Gasteiger partial charge in [-0.3, -0.25) is 10.1 Å². The first-order valence-corrected chi connectivity index (χ1v) is 10.9. The number of alkyl halides is 3. The van der Waals surface area contributed by atoms with Crippen LogP contribution in [0, 0.1) is 10.1 Å². The molecule has 0 aromatic heterocycles. The fraction of sp³-hybridized carbons (Fsp3) is 0.368. The number of ether oxygens (including phenoxy) is 2. The molecule has 1 saturated heterocycles. The van der Waals surface area contributed by atoms with Gasteiger partial charge in [-0.15, -0.1) is 0 Å². The Kier molecular flexibility index (Phi) is 7.21. The smallest absolute Gasteiger partial charge is 0.422 e. The summed E-state index contributed by atoms with van der Waals surface area (Å²) in [6, 6.07) is 9.29. The van der Waals surface area contributed by atoms with Gasteiger partial charge in [0.05, 0.1) is 23.8 Å². The predicted molar refractivity (Wildman–Crippen MR) is 108 cm³/mol. The Labute approximate surface area is 181 Å². The van der Waals surface area contributed by atoms with Crippen molar-refractivity contribution in [3.63, 3.8) is 0 Å². The van der Waals surface area contributed by atoms with Crippen molar-refractivity contribution < 1.29 is 36.0 Å². The van der Waals surface area contributed by atoms with E-state index in [2.05, 4.69) is 10.1 Å². The topological polar surface area (TPSA) is 111 Å². The maximum atomic E-state index is 13.1. The van der Waals surface area contributed by atoms with Crippen LogP contribution in [-0.4, -0.2) is 56.7 Å². The number of nitro benzene ring substituents is 1. The Morgan fingerprint density at radius 3 is 2.38 bits per heavy atom. The van der Waals surface area contributed by atoms with Gasteiger partial charge in [0.2, 0.25) is 10.0 Å². The Morgan fingerprint density at radius 2 is 1.78 bits per heavy atom. The van der Waals surface area contributed by atoms with Crippen LogP contribution >= 0.6 is 0 Å². The molecule has 0 spiro atoms. The predicted octanol–water partition coefficient (Wildman–Crippen LogP) is 3.17. The molecule has 0 saturated carbocycles. The summed E-state index contributed by atoms with van der Waals surface area (Å²) >= 11 is 0. The lowest BCUT2D eigenvalue weighted by Gasteiger charge is -2.27. The van der Waals surface area contributed by atoms with Crippen LogP contribution in [0.2, 0.25) is 0 Å². The van der Waals surface area contributed by atoms with Crippen LogP contribution in [0.4, 0.5) is 24.5 Å². The average molecular weight is 475 g/mol. The van der Waals surface area contributed by atoms with Gasteiger partial charge in [-0.05, 0) is 23.8 Å². The van der Waals surface area contributed by atoms with Crippen LogP contribution in [0.15, 0.2) is 47.4 Å². The second kappa shape index (κ2) is 9.71. The van der Waals surface area contributed by atoms with Gasteiger partial charge in [0.1, 0.15) is 10.6 Å². The summed E-state index contributed by atoms with van der Waals surface area (Å²) in [6.07, 6.45) is -4.45. The number of benzene rings is 2. The minimum atomic E-state index is -4.45. The summed E-state index contributed by atoms with van der Waals surface area (Å²) in [7, 11) is -4.02. The molecule has 32 heavy (non-hydrogen) atoms. The molecule has 2 aromatic rings. The summed E-state index contributed by atoms with van der Waals surface area (Å²) in [6.45, 7) is -0.577. The van der Waals surface area contributed by atoms with Gasteiger partial charge in [-0.2, -0.15) is 17.5 Å². The first-order valence-electron chi connectivity index (χ1n) is 9.45. The Morgan fingerprint density at radius 1 is 1.12 bits per heavy atom. The monoisotopic (exact) mass is 475 g/mol. The third kappa shape index (κ3) is 6.08. The van der Waals surface area contributed by atoms with Crippen molar-refractivity contribution in [1.82, 2.24) is 4.31 Å². The van der Waals surface area contributed by atoms with Gasteiger partial charge in [0.15, 0.2) is 6.61 Å². The largest absolute Gasteiger partial charge is 0.484 e. The summed E-state index contributed by atoms with van der Waals surface area (Å²) in [5.74, 6) is 0.0389. The molecule has 1 aliphatic rings. The molecule has 1 aliphatic heterocycles. The third-order valence-corrected chi connectivity index (χ3v) is 6.51. The number of hydrogen-bond donors (Lipinski definition) is 1. The fourth-order valence-electron chi connectivity index (χ4n) is 2.98. The summed E-state index contributed by atoms with van der Waals surface area (Å²) < 4.78 is 73.9. The van der Waals surface area contributed by atoms with E-state index in [1.165, 1.54) is 40.7 Å². The standard InChI is InChI=1S/C19H20F3N3O6S/c20-19(21,22)13-31-16-4-1-14(2-5-16)12-23-17-6-3-15(25(26)27)11-18(17)32(28,29)24-7-9-30-10-8-24/h1-6,11,23H,7-10,12-13H2. The van der Waals surface area contributed by atoms with E-state index in [4.69, 9.17) is 4.74 Å². The van der Waals surface area contributed by atoms with Crippen LogP contribution in [0.25, 0.3) is 0 Å². The highest BCUT2D eigenvalue weighted by molar-refractivity contribution is 7.89. The Bertz CT molecular complexity index is 1050. The minimum Gasteiger partial charge on any atom is -0.484 e. The van der Waals surface area contributed by atoms with Crippen LogP contribution < -0.4 is 10.1 Å². The van der Waals surface area contributed by atoms with Crippen molar-refractivity contribution in [2.24, 2.45) is 0 Å². The molecule has 0 radical (unpaired) electrons. The van der Waals surface area contributed by atoms with E-state index in [1.54, 1.807) is 0 Å². The molecule has 9 nitrogen and oxygen atoms in total. The first-order chi connectivity index (χ1) is 15.1. The number of nitro groups is 1. The van der Waals surface area contributed by atoms with Gasteiger partial charge in [-0.1, -0.05) is 12.1 Å². The number of anilines is 1. The molecular weight excluding hydrogens is 455 g/mol. The molecule has 0 aliphatic carbocycles. The lowest BCUT2D eigenvalue weighted by atomic mass is 10.2. The number of non-ortho nitro benzene ring substituents is 1. The van der Waals surface area contributed by atoms with E-state index >= 15 is 0 Å². The average Bonchev–Trinajstić information content (AvgIpc) is 2.77. The second-order valence-electron chi connectivity index (χ2n) is 6.86. The number of rotatable bonds is 8. The summed E-state index contributed by atoms with van der Waals surface area (Å²) in [4.78, 5) is 10.3. The minimum absolute atomic E-state index is 0.0389. The van der Waals surface area contributed by atoms with Crippen molar-refractivity contribution in [3.05, 3.63) is 58.1 Å². The molecule has 3 rings (SSSR count). The molecule has 13 heteroatoms. The van der Waals surface area contributed by atoms with Crippen molar-refractivity contribution in [2.45, 2.75) is 17.6 Å². The fourth-order valence-corrected chi connectivity index (χ4v) is 4.57. The Hall–Kier alpha value is -2.90. The number of hydrogen-bond acceptors (Lipinski definition) is 7. The van der Waals surface area contributed by atoms with Gasteiger partial charge in [0.25, 0.3) is 5.69 Å². The van der Waals surface area contributed by atoms with Crippen LogP contribution in [0.5, 0.6) is 5.75 Å². The number of sulfonamides is 1. The second-order valence-corrected chi connectivity index (χ2v) is 8.76. The number of nitrogens with zero attached hydrogens (tertiary/aromatic N) is 2. The Balaban J connectivity index is 1.78. The van der Waals surface area contributed by atoms with Gasteiger partial charge >= 0.3 is 6.18 Å². The van der Waals surface area contributed by atoms with E-state index in [0.717, 1.165) is 6.07 Å². The van der Waals surface area contributed by atoms with Crippen molar-refractivity contribution >= 4 is 21.4 Å². The van der Waals surface area contributed by atoms with Gasteiger partial charge in [0, 0.05) is 31.8 Å². The summed E-state index contributed by atoms with van der Waals surface area (Å²) in [5.41, 5.74) is 0.436. The van der Waals surface area contributed by atoms with E-state index in [9.17, 15) is 31.7 Å². The molecular formula is C19H20F3N3O6S. The van der Waals surface area contributed by atoms with Crippen molar-refractivity contribution in [2.75, 3.05) is 38.2 Å². The zero-order valence-corrected chi connectivity index (χ0v) is 17.5. The van der Waals surface area contributed by atoms with Crippen molar-refractivity contribution in [3.8, 4) is 5.75 Å². The molecule has 0 unspecified atom stereocenters. The highest BCUT2D eigenvalue weighted by atomic mass is 32.2. The van der Waals surface area contributed by atoms with Gasteiger partial charge in [-0.25, -0.2) is 8.42 Å². The normalized spacial score (nSPS) is 15.3. The highest BCUT2D eigenvalue weighted by Crippen LogP contribution is 2.30. The zero-order chi connectivity index (χ0) is 23.4. The van der Waals surface area contributed by atoms with Gasteiger partial charge < -0.3 is 14.8 Å². The lowest BCUT2D eigenvalue weighted by molar-refractivity contribution is -0.385. The highest BCUT2D eigenvalue weighted by Gasteiger charge is 2.30. The van der Waals surface area contributed by atoms with Crippen LogP contribution in [0.3, 0.4) is 0 Å². The number of nitrogens with one attached hydrogen (secondary N) is 1. The molecule has 1 N–H and O–H groups in total. The van der Waals surface area contributed by atoms with Crippen molar-refractivity contribution in [1.29, 1.82) is 0 Å². The quantitative estimate of drug-likeness (QED) is 0.461. The van der Waals surface area contributed by atoms with Crippen LogP contribution in [-0.2, 0) is 21.3 Å². The van der Waals surface area contributed by atoms with E-state index in [0.29, 0.717) is 5.56 Å². The molecule has 1 fully saturated rings. The SMILES string of the molecule is O=[N+]([O-])c1ccc(NCc2ccc(OCC(F)(F)F)cc2)c(S(=O)(=O)N2CCOCC2)c1. The van der Waals surface area contributed by atoms with E-state index in [-0.39, 0.29) is 54.9 Å². The number of halogens is 3. The van der Waals surface area contributed by atoms with E-state index < -0.39 is 27.7 Å². The van der Waals surface area contributed by atoms with E-state index in [1.807, 2.05) is 0 Å².